The van der Waals surface area contributed by atoms with E-state index in [1.807, 2.05) is 36.4 Å². The molecule has 11 aromatic carbocycles. The fourth-order valence-electron chi connectivity index (χ4n) is 10.7. The molecule has 0 spiro atoms. The van der Waals surface area contributed by atoms with Crippen molar-refractivity contribution < 1.29 is 0 Å². The molecule has 0 saturated heterocycles. The van der Waals surface area contributed by atoms with Gasteiger partial charge in [-0.25, -0.2) is 4.98 Å². The van der Waals surface area contributed by atoms with Gasteiger partial charge in [0.05, 0.1) is 27.8 Å². The Hall–Kier alpha value is -9.19. The summed E-state index contributed by atoms with van der Waals surface area (Å²) in [5.74, 6) is 1.79. The maximum absolute atomic E-state index is 5.33. The Labute approximate surface area is 391 Å². The zero-order valence-corrected chi connectivity index (χ0v) is 36.8. The minimum Gasteiger partial charge on any atom is -0.307 e. The molecule has 0 aliphatic rings. The number of fused-ring (bicyclic) bond motifs is 13. The third kappa shape index (κ3) is 5.86. The molecule has 14 aromatic rings. The van der Waals surface area contributed by atoms with Crippen LogP contribution in [0.3, 0.4) is 0 Å². The highest BCUT2D eigenvalue weighted by Crippen LogP contribution is 2.45. The Morgan fingerprint density at radius 1 is 0.250 bits per heavy atom. The second-order valence-corrected chi connectivity index (χ2v) is 17.5. The molecule has 0 fully saturated rings. The number of aromatic nitrogens is 5. The van der Waals surface area contributed by atoms with Crippen LogP contribution in [0.5, 0.6) is 0 Å². The Kier molecular flexibility index (Phi) is 8.52. The van der Waals surface area contributed by atoms with Crippen molar-refractivity contribution in [3.63, 3.8) is 0 Å². The van der Waals surface area contributed by atoms with Gasteiger partial charge in [0.1, 0.15) is 0 Å². The highest BCUT2D eigenvalue weighted by atomic mass is 15.2. The molecule has 0 aliphatic carbocycles. The van der Waals surface area contributed by atoms with Gasteiger partial charge in [-0.2, -0.15) is 9.97 Å². The average Bonchev–Trinajstić information content (AvgIpc) is 3.94. The third-order valence-corrected chi connectivity index (χ3v) is 13.8. The lowest BCUT2D eigenvalue weighted by molar-refractivity contribution is 0.953. The highest BCUT2D eigenvalue weighted by Gasteiger charge is 2.25. The topological polar surface area (TPSA) is 48.5 Å². The lowest BCUT2D eigenvalue weighted by atomic mass is 9.90. The van der Waals surface area contributed by atoms with E-state index in [1.165, 1.54) is 48.8 Å². The van der Waals surface area contributed by atoms with Gasteiger partial charge in [0, 0.05) is 38.2 Å². The summed E-state index contributed by atoms with van der Waals surface area (Å²) in [6.07, 6.45) is 0. The van der Waals surface area contributed by atoms with E-state index < -0.39 is 0 Å². The lowest BCUT2D eigenvalue weighted by Crippen LogP contribution is -2.07. The molecule has 3 aromatic heterocycles. The molecule has 0 saturated carbocycles. The van der Waals surface area contributed by atoms with Crippen LogP contribution < -0.4 is 0 Å². The van der Waals surface area contributed by atoms with Crippen LogP contribution in [0.4, 0.5) is 0 Å². The maximum Gasteiger partial charge on any atom is 0.238 e. The van der Waals surface area contributed by atoms with Crippen molar-refractivity contribution in [2.45, 2.75) is 0 Å². The second-order valence-electron chi connectivity index (χ2n) is 17.5. The van der Waals surface area contributed by atoms with E-state index in [0.717, 1.165) is 66.2 Å². The fraction of sp³-hybridized carbons (Fsp3) is 0. The fourth-order valence-corrected chi connectivity index (χ4v) is 10.7. The van der Waals surface area contributed by atoms with Gasteiger partial charge in [-0.1, -0.05) is 206 Å². The monoisotopic (exact) mass is 865 g/mol. The second kappa shape index (κ2) is 15.2. The first kappa shape index (κ1) is 38.1. The smallest absolute Gasteiger partial charge is 0.238 e. The number of rotatable bonds is 6. The molecule has 0 amide bonds. The van der Waals surface area contributed by atoms with E-state index in [2.05, 4.69) is 209 Å². The van der Waals surface area contributed by atoms with Crippen LogP contribution in [-0.4, -0.2) is 24.1 Å². The summed E-state index contributed by atoms with van der Waals surface area (Å²) in [5, 5.41) is 12.0. The summed E-state index contributed by atoms with van der Waals surface area (Å²) in [7, 11) is 0. The van der Waals surface area contributed by atoms with E-state index in [4.69, 9.17) is 15.0 Å². The molecular formula is C63H39N5. The Bertz CT molecular complexity index is 4250. The van der Waals surface area contributed by atoms with Crippen LogP contribution in [0, 0.1) is 0 Å². The standard InChI is InChI=1S/C63H39N5/c1-4-18-40(19-5-1)43-32-34-48-46-25-10-11-26-47(46)55-39-44(33-35-49(55)54(48)38-43)45-24-12-15-29-56(45)67-57-30-16-13-27-50(57)52-36-37-53-51-28-14-17-31-58(51)68(60(53)59(52)67)63-65-61(41-20-6-2-7-21-41)64-62(66-63)42-22-8-3-9-23-42/h1-39H. The van der Waals surface area contributed by atoms with Crippen LogP contribution in [0.1, 0.15) is 0 Å². The first-order valence-corrected chi connectivity index (χ1v) is 23.1. The van der Waals surface area contributed by atoms with Gasteiger partial charge >= 0.3 is 0 Å². The minimum atomic E-state index is 0.561. The molecular weight excluding hydrogens is 827 g/mol. The quantitative estimate of drug-likeness (QED) is 0.156. The summed E-state index contributed by atoms with van der Waals surface area (Å²) in [5.41, 5.74) is 11.9. The molecule has 0 N–H and O–H groups in total. The van der Waals surface area contributed by atoms with Crippen molar-refractivity contribution in [2.75, 3.05) is 0 Å². The molecule has 0 aliphatic heterocycles. The van der Waals surface area contributed by atoms with E-state index >= 15 is 0 Å². The van der Waals surface area contributed by atoms with Crippen molar-refractivity contribution >= 4 is 75.9 Å². The maximum atomic E-state index is 5.33. The van der Waals surface area contributed by atoms with Gasteiger partial charge in [0.25, 0.3) is 0 Å². The van der Waals surface area contributed by atoms with Crippen LogP contribution >= 0.6 is 0 Å². The van der Waals surface area contributed by atoms with E-state index in [1.54, 1.807) is 0 Å². The molecule has 316 valence electrons. The van der Waals surface area contributed by atoms with E-state index in [9.17, 15) is 0 Å². The van der Waals surface area contributed by atoms with Crippen LogP contribution in [0.2, 0.25) is 0 Å². The number of para-hydroxylation sites is 3. The summed E-state index contributed by atoms with van der Waals surface area (Å²) >= 11 is 0. The normalized spacial score (nSPS) is 11.8. The molecule has 5 heteroatoms. The Balaban J connectivity index is 1.06. The summed E-state index contributed by atoms with van der Waals surface area (Å²) in [6, 6.07) is 84.8. The molecule has 0 unspecified atom stereocenters. The van der Waals surface area contributed by atoms with Crippen molar-refractivity contribution in [1.29, 1.82) is 0 Å². The Morgan fingerprint density at radius 2 is 0.662 bits per heavy atom. The largest absolute Gasteiger partial charge is 0.307 e. The van der Waals surface area contributed by atoms with Gasteiger partial charge in [-0.05, 0) is 79.3 Å². The number of nitrogens with zero attached hydrogens (tertiary/aromatic N) is 5. The molecule has 5 nitrogen and oxygen atoms in total. The number of hydrogen-bond donors (Lipinski definition) is 0. The highest BCUT2D eigenvalue weighted by molar-refractivity contribution is 6.27. The number of hydrogen-bond acceptors (Lipinski definition) is 3. The van der Waals surface area contributed by atoms with Gasteiger partial charge in [0.15, 0.2) is 11.6 Å². The van der Waals surface area contributed by atoms with Crippen LogP contribution in [0.25, 0.3) is 133 Å². The lowest BCUT2D eigenvalue weighted by Gasteiger charge is -2.17. The number of benzene rings is 11. The molecule has 3 heterocycles. The van der Waals surface area contributed by atoms with E-state index in [0.29, 0.717) is 17.6 Å². The predicted octanol–water partition coefficient (Wildman–Crippen LogP) is 16.2. The Morgan fingerprint density at radius 3 is 1.28 bits per heavy atom. The van der Waals surface area contributed by atoms with Gasteiger partial charge in [0.2, 0.25) is 5.95 Å². The molecule has 0 radical (unpaired) electrons. The van der Waals surface area contributed by atoms with Crippen molar-refractivity contribution in [1.82, 2.24) is 24.1 Å². The van der Waals surface area contributed by atoms with Gasteiger partial charge < -0.3 is 4.57 Å². The first-order valence-electron chi connectivity index (χ1n) is 23.1. The van der Waals surface area contributed by atoms with Crippen LogP contribution in [-0.2, 0) is 0 Å². The molecule has 0 bridgehead atoms. The zero-order valence-electron chi connectivity index (χ0n) is 36.8. The summed E-state index contributed by atoms with van der Waals surface area (Å²) in [4.78, 5) is 15.7. The SMILES string of the molecule is c1ccc(-c2ccc3c4ccccc4c4cc(-c5ccccc5-n5c6ccccc6c6ccc7c8ccccc8n(-c8nc(-c9ccccc9)nc(-c9ccccc9)n8)c7c65)ccc4c3c2)cc1. The van der Waals surface area contributed by atoms with Gasteiger partial charge in [-0.3, -0.25) is 4.57 Å². The summed E-state index contributed by atoms with van der Waals surface area (Å²) < 4.78 is 4.74. The predicted molar refractivity (Wildman–Crippen MR) is 283 cm³/mol. The average molecular weight is 866 g/mol. The van der Waals surface area contributed by atoms with Crippen molar-refractivity contribution in [3.8, 4) is 56.7 Å². The van der Waals surface area contributed by atoms with Crippen molar-refractivity contribution in [3.05, 3.63) is 237 Å². The minimum absolute atomic E-state index is 0.561. The molecule has 0 atom stereocenters. The molecule has 14 rings (SSSR count). The van der Waals surface area contributed by atoms with Crippen LogP contribution in [0.15, 0.2) is 237 Å². The first-order chi connectivity index (χ1) is 33.7. The third-order valence-electron chi connectivity index (χ3n) is 13.8. The van der Waals surface area contributed by atoms with E-state index in [-0.39, 0.29) is 0 Å². The van der Waals surface area contributed by atoms with Gasteiger partial charge in [-0.15, -0.1) is 0 Å². The van der Waals surface area contributed by atoms with Crippen molar-refractivity contribution in [2.24, 2.45) is 0 Å². The summed E-state index contributed by atoms with van der Waals surface area (Å²) in [6.45, 7) is 0. The molecule has 68 heavy (non-hydrogen) atoms. The zero-order chi connectivity index (χ0) is 44.7.